The first-order valence-electron chi connectivity index (χ1n) is 9.86. The molecule has 0 aliphatic carbocycles. The number of halogens is 3. The number of hydrogen-bond donors (Lipinski definition) is 1. The van der Waals surface area contributed by atoms with Gasteiger partial charge in [0.05, 0.1) is 11.5 Å². The summed E-state index contributed by atoms with van der Waals surface area (Å²) in [5, 5.41) is 2.76. The number of ether oxygens (including phenoxy) is 1. The first-order chi connectivity index (χ1) is 15.6. The quantitative estimate of drug-likeness (QED) is 0.498. The Labute approximate surface area is 189 Å². The highest BCUT2D eigenvalue weighted by Crippen LogP contribution is 2.27. The number of nitrogens with one attached hydrogen (secondary N) is 1. The summed E-state index contributed by atoms with van der Waals surface area (Å²) in [5.74, 6) is -0.797. The molecule has 0 spiro atoms. The Hall–Kier alpha value is -3.36. The molecule has 11 heteroatoms. The Kier molecular flexibility index (Phi) is 7.40. The van der Waals surface area contributed by atoms with Gasteiger partial charge in [-0.3, -0.25) is 4.79 Å². The van der Waals surface area contributed by atoms with Crippen LogP contribution in [0, 0.1) is 6.57 Å². The van der Waals surface area contributed by atoms with E-state index in [9.17, 15) is 26.4 Å². The van der Waals surface area contributed by atoms with Crippen molar-refractivity contribution < 1.29 is 31.1 Å². The van der Waals surface area contributed by atoms with Gasteiger partial charge in [-0.15, -0.1) is 13.2 Å². The average molecular weight is 479 g/mol. The Morgan fingerprint density at radius 1 is 1.09 bits per heavy atom. The van der Waals surface area contributed by atoms with E-state index < -0.39 is 22.1 Å². The lowest BCUT2D eigenvalue weighted by Gasteiger charge is -2.27. The minimum atomic E-state index is -4.86. The molecule has 7 nitrogen and oxygen atoms in total. The van der Waals surface area contributed by atoms with Crippen molar-refractivity contribution in [1.29, 1.82) is 0 Å². The number of hydrogen-bond acceptors (Lipinski definition) is 4. The number of alkyl halides is 3. The van der Waals surface area contributed by atoms with E-state index in [4.69, 9.17) is 6.57 Å². The smallest absolute Gasteiger partial charge is 0.406 e. The van der Waals surface area contributed by atoms with Crippen LogP contribution in [0.5, 0.6) is 5.75 Å². The van der Waals surface area contributed by atoms with Crippen LogP contribution in [0.15, 0.2) is 65.1 Å². The molecule has 1 amide bonds. The van der Waals surface area contributed by atoms with Crippen LogP contribution in [0.4, 0.5) is 18.9 Å². The van der Waals surface area contributed by atoms with E-state index in [1.807, 2.05) is 0 Å². The van der Waals surface area contributed by atoms with E-state index in [1.165, 1.54) is 10.4 Å². The van der Waals surface area contributed by atoms with Crippen LogP contribution in [0.3, 0.4) is 0 Å². The number of carbonyl (C=O) groups excluding carboxylic acids is 1. The Balaban J connectivity index is 1.54. The van der Waals surface area contributed by atoms with E-state index in [2.05, 4.69) is 14.9 Å². The first-order valence-corrected chi connectivity index (χ1v) is 11.3. The zero-order valence-corrected chi connectivity index (χ0v) is 18.1. The zero-order valence-electron chi connectivity index (χ0n) is 17.3. The second kappa shape index (κ2) is 10.1. The number of amides is 1. The second-order valence-electron chi connectivity index (χ2n) is 7.22. The number of nitrogens with zero attached hydrogens (tertiary/aromatic N) is 2. The van der Waals surface area contributed by atoms with Crippen molar-refractivity contribution in [3.05, 3.63) is 77.2 Å². The maximum absolute atomic E-state index is 12.8. The maximum atomic E-state index is 12.8. The third-order valence-corrected chi connectivity index (χ3v) is 6.84. The minimum absolute atomic E-state index is 0.133. The third kappa shape index (κ3) is 6.81. The minimum Gasteiger partial charge on any atom is -0.406 e. The van der Waals surface area contributed by atoms with Gasteiger partial charge >= 0.3 is 6.36 Å². The summed E-state index contributed by atoms with van der Waals surface area (Å²) in [4.78, 5) is 15.3. The predicted molar refractivity (Wildman–Crippen MR) is 114 cm³/mol. The molecule has 2 aromatic carbocycles. The second-order valence-corrected chi connectivity index (χ2v) is 9.16. The van der Waals surface area contributed by atoms with E-state index in [-0.39, 0.29) is 23.9 Å². The lowest BCUT2D eigenvalue weighted by molar-refractivity contribution is -0.274. The molecule has 174 valence electrons. The van der Waals surface area contributed by atoms with Gasteiger partial charge in [-0.2, -0.15) is 4.31 Å². The van der Waals surface area contributed by atoms with Gasteiger partial charge < -0.3 is 10.1 Å². The summed E-state index contributed by atoms with van der Waals surface area (Å²) in [5.41, 5.74) is 2.16. The topological polar surface area (TPSA) is 80.1 Å². The molecular weight excluding hydrogens is 459 g/mol. The van der Waals surface area contributed by atoms with Crippen molar-refractivity contribution in [3.63, 3.8) is 0 Å². The van der Waals surface area contributed by atoms with E-state index in [0.717, 1.165) is 35.4 Å². The maximum Gasteiger partial charge on any atom is 0.573 e. The summed E-state index contributed by atoms with van der Waals surface area (Å²) >= 11 is 0. The van der Waals surface area contributed by atoms with Crippen molar-refractivity contribution >= 4 is 21.6 Å². The van der Waals surface area contributed by atoms with Crippen LogP contribution >= 0.6 is 0 Å². The lowest BCUT2D eigenvalue weighted by Crippen LogP contribution is -2.36. The summed E-state index contributed by atoms with van der Waals surface area (Å²) in [7, 11) is -3.88. The molecule has 0 atom stereocenters. The summed E-state index contributed by atoms with van der Waals surface area (Å²) < 4.78 is 67.3. The third-order valence-electron chi connectivity index (χ3n) is 4.93. The molecule has 3 rings (SSSR count). The van der Waals surface area contributed by atoms with Gasteiger partial charge in [0.1, 0.15) is 5.75 Å². The Morgan fingerprint density at radius 2 is 1.70 bits per heavy atom. The molecule has 2 aromatic rings. The van der Waals surface area contributed by atoms with Crippen molar-refractivity contribution in [2.75, 3.05) is 13.1 Å². The van der Waals surface area contributed by atoms with E-state index in [0.29, 0.717) is 25.1 Å². The summed E-state index contributed by atoms with van der Waals surface area (Å²) in [6.45, 7) is 7.54. The SMILES string of the molecule is [C-]#[N+]c1ccc(CNC(=O)C=C2CCN(S(=O)(=O)c3ccc(OC(F)(F)F)cc3)CC2)cc1. The van der Waals surface area contributed by atoms with Crippen molar-refractivity contribution in [2.24, 2.45) is 0 Å². The molecule has 1 heterocycles. The normalized spacial score (nSPS) is 14.9. The highest BCUT2D eigenvalue weighted by atomic mass is 32.2. The average Bonchev–Trinajstić information content (AvgIpc) is 2.78. The van der Waals surface area contributed by atoms with E-state index in [1.54, 1.807) is 24.3 Å². The molecule has 1 N–H and O–H groups in total. The molecule has 33 heavy (non-hydrogen) atoms. The summed E-state index contributed by atoms with van der Waals surface area (Å²) in [6.07, 6.45) is -2.67. The molecule has 1 fully saturated rings. The Bertz CT molecular complexity index is 1160. The van der Waals surface area contributed by atoms with Gasteiger partial charge in [0.2, 0.25) is 15.9 Å². The van der Waals surface area contributed by atoms with Gasteiger partial charge in [0.15, 0.2) is 5.69 Å². The van der Waals surface area contributed by atoms with Crippen molar-refractivity contribution in [1.82, 2.24) is 9.62 Å². The standard InChI is InChI=1S/C22H20F3N3O4S/c1-26-18-4-2-17(3-5-18)15-27-21(29)14-16-10-12-28(13-11-16)33(30,31)20-8-6-19(7-9-20)32-22(23,24)25/h2-9,14H,10-13,15H2,(H,27,29). The van der Waals surface area contributed by atoms with Crippen LogP contribution in [0.25, 0.3) is 4.85 Å². The molecule has 0 radical (unpaired) electrons. The molecule has 0 bridgehead atoms. The Morgan fingerprint density at radius 3 is 2.24 bits per heavy atom. The number of rotatable bonds is 6. The van der Waals surface area contributed by atoms with Gasteiger partial charge in [-0.25, -0.2) is 13.3 Å². The highest BCUT2D eigenvalue weighted by molar-refractivity contribution is 7.89. The number of benzene rings is 2. The van der Waals surface area contributed by atoms with Crippen LogP contribution in [-0.2, 0) is 21.4 Å². The van der Waals surface area contributed by atoms with Crippen LogP contribution in [0.2, 0.25) is 0 Å². The fourth-order valence-electron chi connectivity index (χ4n) is 3.23. The lowest BCUT2D eigenvalue weighted by atomic mass is 10.1. The largest absolute Gasteiger partial charge is 0.573 e. The number of carbonyl (C=O) groups is 1. The number of piperidine rings is 1. The van der Waals surface area contributed by atoms with Gasteiger partial charge in [0, 0.05) is 25.7 Å². The zero-order chi connectivity index (χ0) is 24.1. The van der Waals surface area contributed by atoms with Crippen LogP contribution < -0.4 is 10.1 Å². The number of sulfonamides is 1. The molecule has 0 saturated carbocycles. The van der Waals surface area contributed by atoms with Crippen LogP contribution in [-0.4, -0.2) is 38.1 Å². The van der Waals surface area contributed by atoms with Crippen LogP contribution in [0.1, 0.15) is 18.4 Å². The molecule has 1 saturated heterocycles. The highest BCUT2D eigenvalue weighted by Gasteiger charge is 2.32. The fraction of sp³-hybridized carbons (Fsp3) is 0.273. The predicted octanol–water partition coefficient (Wildman–Crippen LogP) is 4.16. The van der Waals surface area contributed by atoms with Crippen molar-refractivity contribution in [3.8, 4) is 5.75 Å². The molecule has 1 aliphatic rings. The van der Waals surface area contributed by atoms with Gasteiger partial charge in [-0.05, 0) is 42.7 Å². The molecule has 1 aliphatic heterocycles. The fourth-order valence-corrected chi connectivity index (χ4v) is 4.68. The molecule has 0 aromatic heterocycles. The summed E-state index contributed by atoms with van der Waals surface area (Å²) in [6, 6.07) is 10.9. The first kappa shape index (κ1) is 24.3. The molecular formula is C22H20F3N3O4S. The van der Waals surface area contributed by atoms with E-state index >= 15 is 0 Å². The van der Waals surface area contributed by atoms with Crippen molar-refractivity contribution in [2.45, 2.75) is 30.6 Å². The van der Waals surface area contributed by atoms with Gasteiger partial charge in [0.25, 0.3) is 0 Å². The monoisotopic (exact) mass is 479 g/mol. The molecule has 0 unspecified atom stereocenters. The van der Waals surface area contributed by atoms with Gasteiger partial charge in [-0.1, -0.05) is 29.8 Å².